The number of rotatable bonds is 9. The first kappa shape index (κ1) is 17.0. The van der Waals surface area contributed by atoms with Gasteiger partial charge >= 0.3 is 0 Å². The average molecular weight is 269 g/mol. The van der Waals surface area contributed by atoms with Gasteiger partial charge in [-0.05, 0) is 51.0 Å². The van der Waals surface area contributed by atoms with Crippen LogP contribution in [0.1, 0.15) is 85.0 Å². The molecule has 2 nitrogen and oxygen atoms in total. The molecular weight excluding hydrogens is 234 g/mol. The molecule has 2 heteroatoms. The van der Waals surface area contributed by atoms with Crippen LogP contribution in [0, 0.1) is 5.92 Å². The summed E-state index contributed by atoms with van der Waals surface area (Å²) in [5.41, 5.74) is -0.362. The average Bonchev–Trinajstić information content (AvgIpc) is 2.43. The number of aliphatic hydroxyl groups is 1. The fourth-order valence-corrected chi connectivity index (χ4v) is 3.39. The molecule has 1 rings (SSSR count). The Hall–Kier alpha value is -0.0800. The molecule has 1 saturated carbocycles. The molecule has 0 aromatic rings. The molecule has 0 aromatic heterocycles. The van der Waals surface area contributed by atoms with E-state index in [2.05, 4.69) is 26.1 Å². The van der Waals surface area contributed by atoms with Gasteiger partial charge in [-0.3, -0.25) is 0 Å². The Morgan fingerprint density at radius 1 is 1.16 bits per heavy atom. The van der Waals surface area contributed by atoms with E-state index < -0.39 is 0 Å². The first-order chi connectivity index (χ1) is 9.13. The van der Waals surface area contributed by atoms with Crippen LogP contribution in [-0.2, 0) is 0 Å². The van der Waals surface area contributed by atoms with E-state index >= 15 is 0 Å². The van der Waals surface area contributed by atoms with Crippen LogP contribution in [0.15, 0.2) is 0 Å². The van der Waals surface area contributed by atoms with E-state index in [1.165, 1.54) is 32.1 Å². The molecule has 114 valence electrons. The van der Waals surface area contributed by atoms with E-state index in [1.54, 1.807) is 0 Å². The Morgan fingerprint density at radius 3 is 2.37 bits per heavy atom. The highest BCUT2D eigenvalue weighted by Crippen LogP contribution is 2.35. The Balaban J connectivity index is 2.33. The maximum absolute atomic E-state index is 10.8. The molecule has 0 radical (unpaired) electrons. The third kappa shape index (κ3) is 6.27. The predicted octanol–water partition coefficient (Wildman–Crippen LogP) is 4.27. The minimum absolute atomic E-state index is 0.362. The molecular formula is C17H35NO. The van der Waals surface area contributed by atoms with Crippen molar-refractivity contribution in [2.24, 2.45) is 5.92 Å². The second-order valence-electron chi connectivity index (χ2n) is 6.57. The maximum atomic E-state index is 10.8. The first-order valence-electron chi connectivity index (χ1n) is 8.59. The van der Waals surface area contributed by atoms with Gasteiger partial charge in [-0.1, -0.05) is 46.5 Å². The molecule has 1 aliphatic rings. The van der Waals surface area contributed by atoms with Crippen molar-refractivity contribution in [3.8, 4) is 0 Å². The van der Waals surface area contributed by atoms with Crippen LogP contribution in [-0.4, -0.2) is 23.3 Å². The molecule has 0 spiro atoms. The Kier molecular flexibility index (Phi) is 8.01. The number of hydrogen-bond acceptors (Lipinski definition) is 2. The van der Waals surface area contributed by atoms with Crippen molar-refractivity contribution < 1.29 is 5.11 Å². The third-order valence-corrected chi connectivity index (χ3v) is 4.81. The summed E-state index contributed by atoms with van der Waals surface area (Å²) >= 11 is 0. The first-order valence-corrected chi connectivity index (χ1v) is 8.59. The smallest absolute Gasteiger partial charge is 0.0651 e. The van der Waals surface area contributed by atoms with Gasteiger partial charge in [0.25, 0.3) is 0 Å². The Labute approximate surface area is 120 Å². The molecule has 1 fully saturated rings. The lowest BCUT2D eigenvalue weighted by Gasteiger charge is -2.38. The topological polar surface area (TPSA) is 32.3 Å². The van der Waals surface area contributed by atoms with Gasteiger partial charge in [0.1, 0.15) is 0 Å². The molecule has 0 aliphatic heterocycles. The van der Waals surface area contributed by atoms with Gasteiger partial charge in [0.2, 0.25) is 0 Å². The van der Waals surface area contributed by atoms with Crippen molar-refractivity contribution in [1.29, 1.82) is 0 Å². The number of hydrogen-bond donors (Lipinski definition) is 2. The van der Waals surface area contributed by atoms with Crippen LogP contribution in [0.5, 0.6) is 0 Å². The van der Waals surface area contributed by atoms with Gasteiger partial charge in [-0.2, -0.15) is 0 Å². The zero-order valence-corrected chi connectivity index (χ0v) is 13.4. The molecule has 0 aromatic carbocycles. The minimum Gasteiger partial charge on any atom is -0.390 e. The van der Waals surface area contributed by atoms with E-state index in [0.717, 1.165) is 44.6 Å². The van der Waals surface area contributed by atoms with Crippen molar-refractivity contribution >= 4 is 0 Å². The lowest BCUT2D eigenvalue weighted by molar-refractivity contribution is -0.0256. The van der Waals surface area contributed by atoms with Gasteiger partial charge < -0.3 is 10.4 Å². The molecule has 0 saturated heterocycles. The van der Waals surface area contributed by atoms with Crippen molar-refractivity contribution in [2.75, 3.05) is 6.54 Å². The predicted molar refractivity (Wildman–Crippen MR) is 83.4 cm³/mol. The van der Waals surface area contributed by atoms with Gasteiger partial charge in [-0.25, -0.2) is 0 Å². The third-order valence-electron chi connectivity index (χ3n) is 4.81. The molecule has 0 bridgehead atoms. The molecule has 2 N–H and O–H groups in total. The largest absolute Gasteiger partial charge is 0.390 e. The summed E-state index contributed by atoms with van der Waals surface area (Å²) < 4.78 is 0. The summed E-state index contributed by atoms with van der Waals surface area (Å²) in [5, 5.41) is 14.4. The monoisotopic (exact) mass is 269 g/mol. The maximum Gasteiger partial charge on any atom is 0.0651 e. The Morgan fingerprint density at radius 2 is 1.84 bits per heavy atom. The second kappa shape index (κ2) is 8.97. The lowest BCUT2D eigenvalue weighted by Crippen LogP contribution is -2.42. The van der Waals surface area contributed by atoms with E-state index in [9.17, 15) is 5.11 Å². The highest BCUT2D eigenvalue weighted by atomic mass is 16.3. The van der Waals surface area contributed by atoms with E-state index in [4.69, 9.17) is 0 Å². The molecule has 19 heavy (non-hydrogen) atoms. The fourth-order valence-electron chi connectivity index (χ4n) is 3.39. The van der Waals surface area contributed by atoms with Gasteiger partial charge in [0.15, 0.2) is 0 Å². The zero-order valence-electron chi connectivity index (χ0n) is 13.4. The van der Waals surface area contributed by atoms with Crippen molar-refractivity contribution in [3.63, 3.8) is 0 Å². The van der Waals surface area contributed by atoms with Crippen LogP contribution < -0.4 is 5.32 Å². The molecule has 1 aliphatic carbocycles. The van der Waals surface area contributed by atoms with Crippen molar-refractivity contribution in [2.45, 2.75) is 96.6 Å². The lowest BCUT2D eigenvalue weighted by atomic mass is 9.75. The van der Waals surface area contributed by atoms with E-state index in [1.807, 2.05) is 0 Å². The van der Waals surface area contributed by atoms with Crippen LogP contribution in [0.3, 0.4) is 0 Å². The van der Waals surface area contributed by atoms with Crippen LogP contribution >= 0.6 is 0 Å². The standard InChI is InChI=1S/C17H35NO/c1-4-7-8-15(6-3)14-17(19)11-9-16(10-12-17)18-13-5-2/h15-16,18-19H,4-14H2,1-3H3. The quantitative estimate of drug-likeness (QED) is 0.655. The summed E-state index contributed by atoms with van der Waals surface area (Å²) in [6, 6.07) is 0.649. The normalized spacial score (nSPS) is 29.4. The number of nitrogens with one attached hydrogen (secondary N) is 1. The van der Waals surface area contributed by atoms with Crippen molar-refractivity contribution in [1.82, 2.24) is 5.32 Å². The zero-order chi connectivity index (χ0) is 14.1. The van der Waals surface area contributed by atoms with Gasteiger partial charge in [0.05, 0.1) is 5.60 Å². The highest BCUT2D eigenvalue weighted by Gasteiger charge is 2.34. The molecule has 0 amide bonds. The summed E-state index contributed by atoms with van der Waals surface area (Å²) in [6.07, 6.45) is 11.6. The van der Waals surface area contributed by atoms with Crippen LogP contribution in [0.25, 0.3) is 0 Å². The molecule has 1 unspecified atom stereocenters. The molecule has 1 atom stereocenters. The van der Waals surface area contributed by atoms with Gasteiger partial charge in [-0.15, -0.1) is 0 Å². The minimum atomic E-state index is -0.362. The summed E-state index contributed by atoms with van der Waals surface area (Å²) in [4.78, 5) is 0. The van der Waals surface area contributed by atoms with Crippen molar-refractivity contribution in [3.05, 3.63) is 0 Å². The summed E-state index contributed by atoms with van der Waals surface area (Å²) in [7, 11) is 0. The number of unbranched alkanes of at least 4 members (excludes halogenated alkanes) is 1. The second-order valence-corrected chi connectivity index (χ2v) is 6.57. The Bertz CT molecular complexity index is 221. The summed E-state index contributed by atoms with van der Waals surface area (Å²) in [5.74, 6) is 0.727. The summed E-state index contributed by atoms with van der Waals surface area (Å²) in [6.45, 7) is 7.87. The fraction of sp³-hybridized carbons (Fsp3) is 1.00. The van der Waals surface area contributed by atoms with Gasteiger partial charge in [0, 0.05) is 6.04 Å². The molecule has 0 heterocycles. The van der Waals surface area contributed by atoms with Crippen LogP contribution in [0.2, 0.25) is 0 Å². The van der Waals surface area contributed by atoms with E-state index in [-0.39, 0.29) is 5.60 Å². The SMILES string of the molecule is CCCCC(CC)CC1(O)CCC(NCCC)CC1. The van der Waals surface area contributed by atoms with Crippen LogP contribution in [0.4, 0.5) is 0 Å². The van der Waals surface area contributed by atoms with E-state index in [0.29, 0.717) is 6.04 Å². The highest BCUT2D eigenvalue weighted by molar-refractivity contribution is 4.89.